The minimum atomic E-state index is -3.50. The van der Waals surface area contributed by atoms with Crippen LogP contribution < -0.4 is 16.1 Å². The molecule has 1 unspecified atom stereocenters. The van der Waals surface area contributed by atoms with Crippen molar-refractivity contribution in [1.29, 1.82) is 0 Å². The Balaban J connectivity index is 1.23. The predicted molar refractivity (Wildman–Crippen MR) is 155 cm³/mol. The monoisotopic (exact) mass is 551 g/mol. The summed E-state index contributed by atoms with van der Waals surface area (Å²) in [4.78, 5) is 0.363. The number of piperidine rings is 1. The number of sulfonamides is 1. The van der Waals surface area contributed by atoms with Crippen LogP contribution in [0, 0.1) is 5.92 Å². The third kappa shape index (κ3) is 5.47. The number of hydrogen-bond acceptors (Lipinski definition) is 5. The molecular weight excluding hydrogens is 517 g/mol. The number of rotatable bonds is 6. The molecule has 2 N–H and O–H groups in total. The Morgan fingerprint density at radius 2 is 1.89 bits per heavy atom. The van der Waals surface area contributed by atoms with E-state index in [1.54, 1.807) is 27.3 Å². The zero-order valence-corrected chi connectivity index (χ0v) is 23.8. The number of benzene rings is 1. The van der Waals surface area contributed by atoms with E-state index in [1.165, 1.54) is 0 Å². The van der Waals surface area contributed by atoms with E-state index in [4.69, 9.17) is 19.4 Å². The van der Waals surface area contributed by atoms with E-state index >= 15 is 0 Å². The minimum absolute atomic E-state index is 0.0174. The fourth-order valence-electron chi connectivity index (χ4n) is 5.21. The second kappa shape index (κ2) is 10.6. The maximum atomic E-state index is 13.3. The molecule has 1 atom stereocenters. The quantitative estimate of drug-likeness (QED) is 0.529. The van der Waals surface area contributed by atoms with Gasteiger partial charge in [-0.25, -0.2) is 13.1 Å². The fraction of sp³-hybridized carbons (Fsp3) is 0.464. The zero-order chi connectivity index (χ0) is 27.1. The third-order valence-corrected chi connectivity index (χ3v) is 9.94. The van der Waals surface area contributed by atoms with Crippen LogP contribution in [0.4, 0.5) is 5.82 Å². The van der Waals surface area contributed by atoms with Crippen LogP contribution in [0.25, 0.3) is 5.82 Å². The molecule has 1 saturated heterocycles. The van der Waals surface area contributed by atoms with Crippen LogP contribution in [0.3, 0.4) is 0 Å². The van der Waals surface area contributed by atoms with Crippen LogP contribution in [0.2, 0.25) is 0 Å². The summed E-state index contributed by atoms with van der Waals surface area (Å²) < 4.78 is 29.9. The van der Waals surface area contributed by atoms with E-state index in [9.17, 15) is 8.42 Å². The van der Waals surface area contributed by atoms with Crippen LogP contribution in [-0.2, 0) is 15.4 Å². The Labute approximate surface area is 232 Å². The maximum absolute atomic E-state index is 13.3. The molecule has 1 fully saturated rings. The third-order valence-electron chi connectivity index (χ3n) is 7.62. The summed E-state index contributed by atoms with van der Waals surface area (Å²) in [6.45, 7) is 8.09. The first kappa shape index (κ1) is 27.1. The highest BCUT2D eigenvalue weighted by atomic mass is 35.5. The topological polar surface area (TPSA) is 79.3 Å². The smallest absolute Gasteiger partial charge is 0.243 e. The maximum Gasteiger partial charge on any atom is 0.243 e. The number of fused-ring (bicyclic) bond motifs is 1. The van der Waals surface area contributed by atoms with E-state index < -0.39 is 10.0 Å². The average Bonchev–Trinajstić information content (AvgIpc) is 3.28. The molecule has 0 amide bonds. The van der Waals surface area contributed by atoms with Crippen molar-refractivity contribution in [3.05, 3.63) is 64.9 Å². The molecule has 2 aliphatic heterocycles. The van der Waals surface area contributed by atoms with Crippen LogP contribution in [0.5, 0.6) is 0 Å². The molecule has 38 heavy (non-hydrogen) atoms. The van der Waals surface area contributed by atoms with Crippen LogP contribution >= 0.6 is 11.6 Å². The molecule has 5 rings (SSSR count). The van der Waals surface area contributed by atoms with Crippen molar-refractivity contribution < 1.29 is 8.42 Å². The predicted octanol–water partition coefficient (Wildman–Crippen LogP) is 4.10. The van der Waals surface area contributed by atoms with Gasteiger partial charge >= 0.3 is 0 Å². The van der Waals surface area contributed by atoms with Crippen molar-refractivity contribution in [2.24, 2.45) is 5.92 Å². The van der Waals surface area contributed by atoms with Gasteiger partial charge < -0.3 is 10.6 Å². The molecule has 3 heterocycles. The first-order valence-electron chi connectivity index (χ1n) is 13.3. The molecule has 3 aliphatic rings. The van der Waals surface area contributed by atoms with Gasteiger partial charge in [-0.1, -0.05) is 56.7 Å². The van der Waals surface area contributed by atoms with Crippen LogP contribution in [0.1, 0.15) is 52.0 Å². The van der Waals surface area contributed by atoms with Crippen LogP contribution in [0.15, 0.2) is 64.2 Å². The summed E-state index contributed by atoms with van der Waals surface area (Å²) in [6, 6.07) is 7.21. The number of anilines is 1. The van der Waals surface area contributed by atoms with Gasteiger partial charge in [-0.15, -0.1) is 0 Å². The Morgan fingerprint density at radius 1 is 1.18 bits per heavy atom. The molecule has 200 valence electrons. The van der Waals surface area contributed by atoms with Crippen molar-refractivity contribution >= 4 is 46.6 Å². The minimum Gasteiger partial charge on any atom is -0.370 e. The Hall–Kier alpha value is -2.49. The summed E-state index contributed by atoms with van der Waals surface area (Å²) in [5, 5.41) is 12.3. The first-order valence-corrected chi connectivity index (χ1v) is 15.1. The highest BCUT2D eigenvalue weighted by molar-refractivity contribution is 7.89. The van der Waals surface area contributed by atoms with Gasteiger partial charge in [0.05, 0.1) is 10.9 Å². The molecule has 1 aliphatic carbocycles. The zero-order valence-electron chi connectivity index (χ0n) is 22.2. The molecule has 2 aromatic rings. The van der Waals surface area contributed by atoms with Gasteiger partial charge in [-0.2, -0.15) is 9.40 Å². The molecule has 2 radical (unpaired) electrons. The second-order valence-corrected chi connectivity index (χ2v) is 13.7. The van der Waals surface area contributed by atoms with E-state index in [2.05, 4.69) is 54.7 Å². The van der Waals surface area contributed by atoms with Gasteiger partial charge in [0, 0.05) is 30.9 Å². The summed E-state index contributed by atoms with van der Waals surface area (Å²) in [7, 11) is 2.69. The van der Waals surface area contributed by atoms with Gasteiger partial charge in [-0.05, 0) is 71.8 Å². The lowest BCUT2D eigenvalue weighted by molar-refractivity contribution is 0.272. The standard InChI is InChI=1S/C28H35BClN5O2S/c1-28(2,3)20-8-10-21(11-9-20)38(36,37)34-14-12-19(13-15-34)17-31-26-16-25(22-6-4-5-7-24(22)30)33-27-23(29)18-32-35(26)27/h4,6,8-11,16,18-19,25,31,33H,5,7,12-15,17H2,1-3H3. The largest absolute Gasteiger partial charge is 0.370 e. The Bertz CT molecular complexity index is 1380. The summed E-state index contributed by atoms with van der Waals surface area (Å²) in [5.41, 5.74) is 2.72. The number of halogens is 1. The lowest BCUT2D eigenvalue weighted by Crippen LogP contribution is -2.41. The number of aromatic nitrogens is 2. The number of allylic oxidation sites excluding steroid dienone is 2. The highest BCUT2D eigenvalue weighted by Crippen LogP contribution is 2.31. The summed E-state index contributed by atoms with van der Waals surface area (Å²) in [6.07, 6.45) is 11.3. The highest BCUT2D eigenvalue weighted by Gasteiger charge is 2.31. The van der Waals surface area contributed by atoms with Gasteiger partial charge in [0.1, 0.15) is 19.5 Å². The lowest BCUT2D eigenvalue weighted by Gasteiger charge is -2.33. The normalized spacial score (nSPS) is 21.2. The number of nitrogens with one attached hydrogen (secondary N) is 2. The lowest BCUT2D eigenvalue weighted by atomic mass is 9.87. The molecule has 10 heteroatoms. The van der Waals surface area contributed by atoms with Crippen LogP contribution in [-0.4, -0.2) is 56.0 Å². The molecule has 1 aromatic carbocycles. The Morgan fingerprint density at radius 3 is 2.55 bits per heavy atom. The number of hydrogen-bond donors (Lipinski definition) is 2. The van der Waals surface area contributed by atoms with Crippen molar-refractivity contribution in [2.75, 3.05) is 25.0 Å². The molecule has 0 spiro atoms. The van der Waals surface area contributed by atoms with Crippen molar-refractivity contribution in [2.45, 2.75) is 62.8 Å². The molecule has 0 bridgehead atoms. The summed E-state index contributed by atoms with van der Waals surface area (Å²) in [5.74, 6) is 1.94. The molecule has 1 aromatic heterocycles. The Kier molecular flexibility index (Phi) is 7.55. The van der Waals surface area contributed by atoms with Gasteiger partial charge in [-0.3, -0.25) is 0 Å². The van der Waals surface area contributed by atoms with Gasteiger partial charge in [0.2, 0.25) is 10.0 Å². The molecule has 7 nitrogen and oxygen atoms in total. The van der Waals surface area contributed by atoms with Crippen molar-refractivity contribution in [1.82, 2.24) is 19.4 Å². The van der Waals surface area contributed by atoms with E-state index in [1.807, 2.05) is 12.1 Å². The SMILES string of the molecule is [B]c1cnn2c1NC(C1=C(Cl)CCC=C1)C=C2NCC1CCN(S(=O)(=O)c2ccc(C(C)(C)C)cc2)CC1. The van der Waals surface area contributed by atoms with E-state index in [0.717, 1.165) is 53.5 Å². The number of nitrogens with zero attached hydrogens (tertiary/aromatic N) is 3. The van der Waals surface area contributed by atoms with E-state index in [0.29, 0.717) is 35.9 Å². The molecular formula is C28H35BClN5O2S. The summed E-state index contributed by atoms with van der Waals surface area (Å²) >= 11 is 6.56. The van der Waals surface area contributed by atoms with E-state index in [-0.39, 0.29) is 11.5 Å². The first-order chi connectivity index (χ1) is 18.0. The van der Waals surface area contributed by atoms with Gasteiger partial charge in [0.25, 0.3) is 0 Å². The van der Waals surface area contributed by atoms with Gasteiger partial charge in [0.15, 0.2) is 0 Å². The average molecular weight is 552 g/mol. The van der Waals surface area contributed by atoms with Crippen molar-refractivity contribution in [3.63, 3.8) is 0 Å². The second-order valence-electron chi connectivity index (χ2n) is 11.3. The van der Waals surface area contributed by atoms with Crippen molar-refractivity contribution in [3.8, 4) is 0 Å². The molecule has 0 saturated carbocycles. The fourth-order valence-corrected chi connectivity index (χ4v) is 6.97.